The Morgan fingerprint density at radius 2 is 2.00 bits per heavy atom. The zero-order valence-corrected chi connectivity index (χ0v) is 16.8. The number of sulfonamides is 1. The monoisotopic (exact) mass is 422 g/mol. The van der Waals surface area contributed by atoms with Gasteiger partial charge in [0, 0.05) is 30.6 Å². The fourth-order valence-corrected chi connectivity index (χ4v) is 5.82. The third-order valence-corrected chi connectivity index (χ3v) is 7.47. The van der Waals surface area contributed by atoms with Crippen molar-refractivity contribution in [2.75, 3.05) is 46.0 Å². The van der Waals surface area contributed by atoms with Crippen LogP contribution in [0.2, 0.25) is 5.02 Å². The lowest BCUT2D eigenvalue weighted by Gasteiger charge is -2.20. The number of hydrogen-bond acceptors (Lipinski definition) is 5. The molecule has 9 heteroatoms. The van der Waals surface area contributed by atoms with Gasteiger partial charge in [-0.2, -0.15) is 4.31 Å². The van der Waals surface area contributed by atoms with E-state index in [0.29, 0.717) is 54.8 Å². The van der Waals surface area contributed by atoms with Crippen molar-refractivity contribution >= 4 is 34.0 Å². The average Bonchev–Trinajstić information content (AvgIpc) is 3.30. The van der Waals surface area contributed by atoms with Crippen LogP contribution in [0.3, 0.4) is 0 Å². The molecule has 0 saturated carbocycles. The van der Waals surface area contributed by atoms with Crippen molar-refractivity contribution in [3.05, 3.63) is 23.2 Å². The second kappa shape index (κ2) is 8.20. The Bertz CT molecular complexity index is 728. The number of halogens is 2. The van der Waals surface area contributed by atoms with Gasteiger partial charge in [-0.05, 0) is 49.5 Å². The molecule has 6 nitrogen and oxygen atoms in total. The molecular formula is C17H24Cl2N2O4S. The fourth-order valence-electron chi connectivity index (χ4n) is 3.87. The van der Waals surface area contributed by atoms with E-state index in [0.717, 1.165) is 26.1 Å². The number of rotatable bonds is 5. The quantitative estimate of drug-likeness (QED) is 0.785. The largest absolute Gasteiger partial charge is 0.492 e. The number of benzene rings is 1. The average molecular weight is 423 g/mol. The summed E-state index contributed by atoms with van der Waals surface area (Å²) in [6.45, 7) is 4.75. The third kappa shape index (κ3) is 3.98. The Kier molecular flexibility index (Phi) is 6.37. The van der Waals surface area contributed by atoms with Gasteiger partial charge in [0.25, 0.3) is 0 Å². The summed E-state index contributed by atoms with van der Waals surface area (Å²) in [7, 11) is -3.61. The van der Waals surface area contributed by atoms with Gasteiger partial charge < -0.3 is 14.8 Å². The molecule has 3 saturated heterocycles. The van der Waals surface area contributed by atoms with Gasteiger partial charge >= 0.3 is 0 Å². The van der Waals surface area contributed by atoms with Gasteiger partial charge in [0.2, 0.25) is 10.0 Å². The van der Waals surface area contributed by atoms with Crippen LogP contribution in [-0.4, -0.2) is 58.7 Å². The summed E-state index contributed by atoms with van der Waals surface area (Å²) in [6.07, 6.45) is 0.943. The zero-order valence-electron chi connectivity index (χ0n) is 14.4. The predicted molar refractivity (Wildman–Crippen MR) is 102 cm³/mol. The summed E-state index contributed by atoms with van der Waals surface area (Å²) in [5, 5.41) is 3.73. The van der Waals surface area contributed by atoms with Crippen molar-refractivity contribution in [2.24, 2.45) is 17.8 Å². The van der Waals surface area contributed by atoms with Crippen LogP contribution in [0.25, 0.3) is 0 Å². The number of nitrogens with one attached hydrogen (secondary N) is 1. The molecule has 3 atom stereocenters. The zero-order chi connectivity index (χ0) is 17.4. The molecule has 3 aliphatic heterocycles. The van der Waals surface area contributed by atoms with Crippen molar-refractivity contribution in [3.63, 3.8) is 0 Å². The SMILES string of the molecule is Cl.O=S(=O)(c1cc(Cl)ccc1OCC1CCOC1)N1C[C@H]2CNC[C@H]2C1. The van der Waals surface area contributed by atoms with Crippen LogP contribution < -0.4 is 10.1 Å². The van der Waals surface area contributed by atoms with Crippen LogP contribution in [0.1, 0.15) is 6.42 Å². The van der Waals surface area contributed by atoms with E-state index >= 15 is 0 Å². The van der Waals surface area contributed by atoms with E-state index in [1.165, 1.54) is 6.07 Å². The van der Waals surface area contributed by atoms with Gasteiger partial charge in [-0.25, -0.2) is 8.42 Å². The van der Waals surface area contributed by atoms with E-state index in [-0.39, 0.29) is 17.3 Å². The first-order valence-electron chi connectivity index (χ1n) is 8.75. The van der Waals surface area contributed by atoms with Gasteiger partial charge in [-0.15, -0.1) is 12.4 Å². The topological polar surface area (TPSA) is 67.9 Å². The second-order valence-corrected chi connectivity index (χ2v) is 9.47. The maximum absolute atomic E-state index is 13.2. The Labute approximate surface area is 165 Å². The molecule has 1 aromatic rings. The molecule has 1 N–H and O–H groups in total. The fraction of sp³-hybridized carbons (Fsp3) is 0.647. The lowest BCUT2D eigenvalue weighted by Crippen LogP contribution is -2.32. The minimum absolute atomic E-state index is 0. The smallest absolute Gasteiger partial charge is 0.246 e. The molecule has 4 rings (SSSR count). The third-order valence-electron chi connectivity index (χ3n) is 5.38. The number of hydrogen-bond donors (Lipinski definition) is 1. The molecule has 0 aromatic heterocycles. The molecule has 3 aliphatic rings. The maximum atomic E-state index is 13.2. The minimum atomic E-state index is -3.61. The predicted octanol–water partition coefficient (Wildman–Crippen LogP) is 2.02. The molecule has 1 unspecified atom stereocenters. The second-order valence-electron chi connectivity index (χ2n) is 7.13. The highest BCUT2D eigenvalue weighted by atomic mass is 35.5. The summed E-state index contributed by atoms with van der Waals surface area (Å²) >= 11 is 6.08. The van der Waals surface area contributed by atoms with Gasteiger partial charge in [-0.1, -0.05) is 11.6 Å². The Morgan fingerprint density at radius 3 is 2.65 bits per heavy atom. The number of fused-ring (bicyclic) bond motifs is 1. The molecule has 0 aliphatic carbocycles. The highest BCUT2D eigenvalue weighted by Gasteiger charge is 2.42. The van der Waals surface area contributed by atoms with Crippen LogP contribution in [0.5, 0.6) is 5.75 Å². The number of nitrogens with zero attached hydrogens (tertiary/aromatic N) is 1. The summed E-state index contributed by atoms with van der Waals surface area (Å²) in [6, 6.07) is 4.83. The minimum Gasteiger partial charge on any atom is -0.492 e. The summed E-state index contributed by atoms with van der Waals surface area (Å²) < 4.78 is 39.1. The Hall–Kier alpha value is -0.570. The molecule has 3 heterocycles. The van der Waals surface area contributed by atoms with Crippen LogP contribution >= 0.6 is 24.0 Å². The van der Waals surface area contributed by atoms with Crippen LogP contribution in [0.15, 0.2) is 23.1 Å². The maximum Gasteiger partial charge on any atom is 0.246 e. The normalized spacial score (nSPS) is 28.7. The first-order valence-corrected chi connectivity index (χ1v) is 10.6. The molecule has 0 radical (unpaired) electrons. The highest BCUT2D eigenvalue weighted by molar-refractivity contribution is 7.89. The first kappa shape index (κ1) is 20.2. The van der Waals surface area contributed by atoms with Crippen molar-refractivity contribution < 1.29 is 17.9 Å². The van der Waals surface area contributed by atoms with Crippen molar-refractivity contribution in [3.8, 4) is 5.75 Å². The highest BCUT2D eigenvalue weighted by Crippen LogP contribution is 2.35. The van der Waals surface area contributed by atoms with E-state index < -0.39 is 10.0 Å². The molecule has 3 fully saturated rings. The van der Waals surface area contributed by atoms with Crippen molar-refractivity contribution in [1.82, 2.24) is 9.62 Å². The molecule has 0 amide bonds. The van der Waals surface area contributed by atoms with Crippen molar-refractivity contribution in [2.45, 2.75) is 11.3 Å². The van der Waals surface area contributed by atoms with E-state index in [2.05, 4.69) is 5.32 Å². The lowest BCUT2D eigenvalue weighted by molar-refractivity contribution is 0.166. The van der Waals surface area contributed by atoms with Crippen LogP contribution in [-0.2, 0) is 14.8 Å². The summed E-state index contributed by atoms with van der Waals surface area (Å²) in [5.74, 6) is 1.48. The van der Waals surface area contributed by atoms with Gasteiger partial charge in [0.1, 0.15) is 10.6 Å². The van der Waals surface area contributed by atoms with Crippen LogP contribution in [0.4, 0.5) is 0 Å². The summed E-state index contributed by atoms with van der Waals surface area (Å²) in [4.78, 5) is 0.173. The van der Waals surface area contributed by atoms with E-state index in [9.17, 15) is 8.42 Å². The molecular weight excluding hydrogens is 399 g/mol. The van der Waals surface area contributed by atoms with Gasteiger partial charge in [0.15, 0.2) is 0 Å². The van der Waals surface area contributed by atoms with Gasteiger partial charge in [0.05, 0.1) is 13.2 Å². The molecule has 26 heavy (non-hydrogen) atoms. The summed E-state index contributed by atoms with van der Waals surface area (Å²) in [5.41, 5.74) is 0. The van der Waals surface area contributed by atoms with E-state index in [1.54, 1.807) is 16.4 Å². The van der Waals surface area contributed by atoms with Gasteiger partial charge in [-0.3, -0.25) is 0 Å². The standard InChI is InChI=1S/C17H23ClN2O4S.ClH/c18-15-1-2-16(24-11-12-3-4-23-10-12)17(5-15)25(21,22)20-8-13-6-19-7-14(13)9-20;/h1-2,5,12-14,19H,3-4,6-11H2;1H/t12?,13-,14+;. The lowest BCUT2D eigenvalue weighted by atomic mass is 10.0. The molecule has 1 aromatic carbocycles. The van der Waals surface area contributed by atoms with E-state index in [1.807, 2.05) is 0 Å². The Balaban J connectivity index is 0.00000196. The van der Waals surface area contributed by atoms with E-state index in [4.69, 9.17) is 21.1 Å². The van der Waals surface area contributed by atoms with Crippen molar-refractivity contribution in [1.29, 1.82) is 0 Å². The first-order chi connectivity index (χ1) is 12.0. The molecule has 0 bridgehead atoms. The molecule has 0 spiro atoms. The Morgan fingerprint density at radius 1 is 1.27 bits per heavy atom. The molecule has 146 valence electrons. The van der Waals surface area contributed by atoms with Crippen LogP contribution in [0, 0.1) is 17.8 Å². The number of ether oxygens (including phenoxy) is 2.